The number of unbranched alkanes of at least 4 members (excludes halogenated alkanes) is 1. The van der Waals surface area contributed by atoms with Crippen LogP contribution in [0.2, 0.25) is 0 Å². The van der Waals surface area contributed by atoms with Crippen molar-refractivity contribution in [2.45, 2.75) is 46.1 Å². The van der Waals surface area contributed by atoms with Crippen molar-refractivity contribution in [3.8, 4) is 0 Å². The van der Waals surface area contributed by atoms with E-state index in [1.807, 2.05) is 0 Å². The van der Waals surface area contributed by atoms with E-state index in [9.17, 15) is 0 Å². The van der Waals surface area contributed by atoms with Crippen LogP contribution >= 0.6 is 0 Å². The van der Waals surface area contributed by atoms with E-state index in [-0.39, 0.29) is 18.9 Å². The van der Waals surface area contributed by atoms with Gasteiger partial charge in [-0.15, -0.1) is 0 Å². The maximum absolute atomic E-state index is 2.35. The Kier molecular flexibility index (Phi) is 10.2. The molecule has 1 nitrogen and oxygen atoms in total. The average molecular weight is 165 g/mol. The van der Waals surface area contributed by atoms with Crippen molar-refractivity contribution >= 4 is 18.9 Å². The third kappa shape index (κ3) is 6.12. The van der Waals surface area contributed by atoms with E-state index < -0.39 is 0 Å². The molecule has 0 amide bonds. The Bertz CT molecular complexity index is 93.8. The second-order valence-corrected chi connectivity index (χ2v) is 3.82. The first-order valence-electron chi connectivity index (χ1n) is 4.76. The van der Waals surface area contributed by atoms with E-state index in [1.54, 1.807) is 0 Å². The number of hydrogen-bond acceptors (Lipinski definition) is 1. The second-order valence-electron chi connectivity index (χ2n) is 3.82. The molecule has 0 rings (SSSR count). The molecule has 0 heterocycles. The molecule has 0 aliphatic carbocycles. The summed E-state index contributed by atoms with van der Waals surface area (Å²) in [5, 5.41) is 0. The molecule has 2 heteroatoms. The third-order valence-electron chi connectivity index (χ3n) is 2.65. The van der Waals surface area contributed by atoms with Crippen molar-refractivity contribution in [3.05, 3.63) is 0 Å². The Morgan fingerprint density at radius 2 is 1.67 bits per heavy atom. The van der Waals surface area contributed by atoms with Crippen LogP contribution in [0, 0.1) is 5.92 Å². The van der Waals surface area contributed by atoms with Gasteiger partial charge in [-0.3, -0.25) is 0 Å². The van der Waals surface area contributed by atoms with Crippen LogP contribution in [0.1, 0.15) is 40.0 Å². The second kappa shape index (κ2) is 8.17. The van der Waals surface area contributed by atoms with Crippen molar-refractivity contribution in [2.24, 2.45) is 5.92 Å². The van der Waals surface area contributed by atoms with E-state index in [2.05, 4.69) is 39.8 Å². The van der Waals surface area contributed by atoms with Gasteiger partial charge in [0, 0.05) is 6.04 Å². The van der Waals surface area contributed by atoms with Crippen LogP contribution in [0.4, 0.5) is 0 Å². The number of hydrogen-bond donors (Lipinski definition) is 0. The molecular weight excluding hydrogens is 141 g/mol. The molecule has 0 aromatic rings. The van der Waals surface area contributed by atoms with Crippen LogP contribution < -0.4 is 0 Å². The average Bonchev–Trinajstić information content (AvgIpc) is 1.98. The normalized spacial score (nSPS) is 15.5. The molecule has 2 atom stereocenters. The van der Waals surface area contributed by atoms with Crippen LogP contribution in [0.25, 0.3) is 0 Å². The van der Waals surface area contributed by atoms with Crippen molar-refractivity contribution in [3.63, 3.8) is 0 Å². The number of rotatable bonds is 5. The minimum atomic E-state index is 0. The molecule has 0 radical (unpaired) electrons. The Morgan fingerprint density at radius 3 is 2.00 bits per heavy atom. The van der Waals surface area contributed by atoms with Gasteiger partial charge in [0.2, 0.25) is 0 Å². The summed E-state index contributed by atoms with van der Waals surface area (Å²) in [7, 11) is 4.32. The summed E-state index contributed by atoms with van der Waals surface area (Å²) in [4.78, 5) is 2.31. The number of nitrogens with zero attached hydrogens (tertiary/aromatic N) is 1. The van der Waals surface area contributed by atoms with Crippen LogP contribution in [-0.2, 0) is 0 Å². The zero-order chi connectivity index (χ0) is 8.85. The summed E-state index contributed by atoms with van der Waals surface area (Å²) in [6.07, 6.45) is 4.07. The fourth-order valence-corrected chi connectivity index (χ4v) is 1.28. The van der Waals surface area contributed by atoms with Gasteiger partial charge in [-0.25, -0.2) is 0 Å². The molecule has 70 valence electrons. The predicted octanol–water partition coefficient (Wildman–Crippen LogP) is 2.11. The molecule has 0 aliphatic heterocycles. The fraction of sp³-hybridized carbons (Fsp3) is 1.00. The standard InChI is InChI=1S/C10H23N.Li.H/c1-6-7-8-9(2)10(3)11(4)5;;/h9-10H,6-8H2,1-5H3;;. The molecular formula is C10H24LiN. The van der Waals surface area contributed by atoms with Crippen molar-refractivity contribution < 1.29 is 0 Å². The van der Waals surface area contributed by atoms with Gasteiger partial charge in [0.05, 0.1) is 0 Å². The molecule has 0 fully saturated rings. The zero-order valence-electron chi connectivity index (χ0n) is 8.72. The Balaban J connectivity index is 0. The summed E-state index contributed by atoms with van der Waals surface area (Å²) >= 11 is 0. The topological polar surface area (TPSA) is 3.24 Å². The molecule has 0 aliphatic rings. The Hall–Kier alpha value is 0.557. The summed E-state index contributed by atoms with van der Waals surface area (Å²) in [5.41, 5.74) is 0. The first-order valence-corrected chi connectivity index (χ1v) is 4.76. The predicted molar refractivity (Wildman–Crippen MR) is 59.0 cm³/mol. The third-order valence-corrected chi connectivity index (χ3v) is 2.65. The van der Waals surface area contributed by atoms with Gasteiger partial charge in [0.15, 0.2) is 0 Å². The quantitative estimate of drug-likeness (QED) is 0.564. The van der Waals surface area contributed by atoms with Crippen LogP contribution in [0.3, 0.4) is 0 Å². The van der Waals surface area contributed by atoms with Gasteiger partial charge < -0.3 is 4.90 Å². The molecule has 0 aromatic heterocycles. The van der Waals surface area contributed by atoms with E-state index in [0.717, 1.165) is 12.0 Å². The van der Waals surface area contributed by atoms with Gasteiger partial charge >= 0.3 is 18.9 Å². The van der Waals surface area contributed by atoms with Crippen LogP contribution in [0.15, 0.2) is 0 Å². The molecule has 2 unspecified atom stereocenters. The molecule has 12 heavy (non-hydrogen) atoms. The van der Waals surface area contributed by atoms with Crippen molar-refractivity contribution in [2.75, 3.05) is 14.1 Å². The Labute approximate surface area is 90.1 Å². The summed E-state index contributed by atoms with van der Waals surface area (Å²) < 4.78 is 0. The zero-order valence-corrected chi connectivity index (χ0v) is 8.72. The fourth-order valence-electron chi connectivity index (χ4n) is 1.28. The van der Waals surface area contributed by atoms with Gasteiger partial charge in [0.1, 0.15) is 0 Å². The molecule has 0 N–H and O–H groups in total. The van der Waals surface area contributed by atoms with E-state index >= 15 is 0 Å². The summed E-state index contributed by atoms with van der Waals surface area (Å²) in [6, 6.07) is 0.724. The summed E-state index contributed by atoms with van der Waals surface area (Å²) in [6.45, 7) is 6.91. The molecule has 0 bridgehead atoms. The first-order chi connectivity index (χ1) is 5.09. The van der Waals surface area contributed by atoms with Gasteiger partial charge in [-0.1, -0.05) is 26.7 Å². The van der Waals surface area contributed by atoms with Gasteiger partial charge in [-0.05, 0) is 33.4 Å². The van der Waals surface area contributed by atoms with Gasteiger partial charge in [-0.2, -0.15) is 0 Å². The van der Waals surface area contributed by atoms with E-state index in [0.29, 0.717) is 0 Å². The molecule has 0 aromatic carbocycles. The monoisotopic (exact) mass is 165 g/mol. The minimum absolute atomic E-state index is 0. The van der Waals surface area contributed by atoms with E-state index in [1.165, 1.54) is 19.3 Å². The van der Waals surface area contributed by atoms with E-state index in [4.69, 9.17) is 0 Å². The molecule has 0 spiro atoms. The summed E-state index contributed by atoms with van der Waals surface area (Å²) in [5.74, 6) is 0.838. The van der Waals surface area contributed by atoms with Crippen molar-refractivity contribution in [1.82, 2.24) is 4.90 Å². The van der Waals surface area contributed by atoms with Gasteiger partial charge in [0.25, 0.3) is 0 Å². The first kappa shape index (κ1) is 15.0. The molecule has 0 saturated carbocycles. The SMILES string of the molecule is CCCCC(C)C(C)N(C)C.[LiH]. The Morgan fingerprint density at radius 1 is 1.17 bits per heavy atom. The van der Waals surface area contributed by atoms with Crippen molar-refractivity contribution in [1.29, 1.82) is 0 Å². The van der Waals surface area contributed by atoms with Crippen LogP contribution in [0.5, 0.6) is 0 Å². The maximum atomic E-state index is 2.35. The van der Waals surface area contributed by atoms with Crippen LogP contribution in [-0.4, -0.2) is 43.9 Å². The molecule has 0 saturated heterocycles.